The van der Waals surface area contributed by atoms with Crippen molar-refractivity contribution in [2.75, 3.05) is 31.5 Å². The lowest BCUT2D eigenvalue weighted by atomic mass is 9.87. The zero-order valence-corrected chi connectivity index (χ0v) is 16.1. The monoisotopic (exact) mass is 348 g/mol. The summed E-state index contributed by atoms with van der Waals surface area (Å²) in [4.78, 5) is 26.7. The van der Waals surface area contributed by atoms with Crippen molar-refractivity contribution in [1.29, 1.82) is 0 Å². The third kappa shape index (κ3) is 6.84. The minimum atomic E-state index is -0.626. The van der Waals surface area contributed by atoms with Gasteiger partial charge in [-0.3, -0.25) is 9.59 Å². The van der Waals surface area contributed by atoms with Gasteiger partial charge in [0.05, 0.1) is 6.04 Å². The first-order valence-corrected chi connectivity index (χ1v) is 8.86. The Hall–Kier alpha value is -1.92. The number of nitrogens with two attached hydrogens (primary N) is 1. The van der Waals surface area contributed by atoms with Gasteiger partial charge < -0.3 is 21.3 Å². The second kappa shape index (κ2) is 9.53. The van der Waals surface area contributed by atoms with Crippen LogP contribution in [-0.4, -0.2) is 48.9 Å². The number of hydrogen-bond acceptors (Lipinski definition) is 4. The second-order valence-electron chi connectivity index (χ2n) is 7.20. The number of likely N-dealkylation sites (N-methyl/N-ethyl adjacent to an activating group) is 1. The molecule has 0 heterocycles. The molecule has 1 aromatic rings. The molecule has 0 radical (unpaired) electrons. The van der Waals surface area contributed by atoms with E-state index in [1.54, 1.807) is 24.3 Å². The Morgan fingerprint density at radius 3 is 2.40 bits per heavy atom. The molecule has 0 saturated heterocycles. The molecule has 140 valence electrons. The molecule has 0 fully saturated rings. The zero-order valence-electron chi connectivity index (χ0n) is 16.1. The maximum Gasteiger partial charge on any atom is 0.251 e. The lowest BCUT2D eigenvalue weighted by molar-refractivity contribution is -0.119. The number of rotatable bonds is 8. The van der Waals surface area contributed by atoms with E-state index in [-0.39, 0.29) is 17.2 Å². The summed E-state index contributed by atoms with van der Waals surface area (Å²) in [6.45, 7) is 13.3. The summed E-state index contributed by atoms with van der Waals surface area (Å²) < 4.78 is 0. The minimum Gasteiger partial charge on any atom is -0.351 e. The van der Waals surface area contributed by atoms with Gasteiger partial charge in [0.25, 0.3) is 5.91 Å². The Labute approximate surface area is 151 Å². The van der Waals surface area contributed by atoms with Crippen LogP contribution in [0.15, 0.2) is 24.3 Å². The van der Waals surface area contributed by atoms with Crippen LogP contribution in [0.1, 0.15) is 45.0 Å². The standard InChI is InChI=1S/C19H32N4O2/c1-6-23(7-2)12-11-21-17(24)14-9-8-10-15(13-14)22-18(25)16(20)19(3,4)5/h8-10,13,16H,6-7,11-12,20H2,1-5H3,(H,21,24)(H,22,25)/t16-/m1/s1. The average molecular weight is 348 g/mol. The van der Waals surface area contributed by atoms with Crippen LogP contribution in [0, 0.1) is 5.41 Å². The van der Waals surface area contributed by atoms with Crippen molar-refractivity contribution < 1.29 is 9.59 Å². The molecule has 0 bridgehead atoms. The number of nitrogens with one attached hydrogen (secondary N) is 2. The Morgan fingerprint density at radius 2 is 1.84 bits per heavy atom. The third-order valence-electron chi connectivity index (χ3n) is 4.22. The molecule has 6 nitrogen and oxygen atoms in total. The number of amides is 2. The van der Waals surface area contributed by atoms with E-state index in [0.29, 0.717) is 17.8 Å². The van der Waals surface area contributed by atoms with Crippen LogP contribution >= 0.6 is 0 Å². The topological polar surface area (TPSA) is 87.5 Å². The maximum absolute atomic E-state index is 12.3. The molecular formula is C19H32N4O2. The Balaban J connectivity index is 2.65. The van der Waals surface area contributed by atoms with Gasteiger partial charge in [-0.25, -0.2) is 0 Å². The van der Waals surface area contributed by atoms with Crippen LogP contribution in [0.5, 0.6) is 0 Å². The minimum absolute atomic E-state index is 0.150. The molecule has 25 heavy (non-hydrogen) atoms. The molecule has 0 aliphatic heterocycles. The van der Waals surface area contributed by atoms with Crippen LogP contribution in [-0.2, 0) is 4.79 Å². The SMILES string of the molecule is CCN(CC)CCNC(=O)c1cccc(NC(=O)[C@@H](N)C(C)(C)C)c1. The fourth-order valence-electron chi connectivity index (χ4n) is 2.32. The summed E-state index contributed by atoms with van der Waals surface area (Å²) in [5, 5.41) is 5.69. The van der Waals surface area contributed by atoms with Crippen molar-refractivity contribution in [1.82, 2.24) is 10.2 Å². The normalized spacial score (nSPS) is 12.8. The van der Waals surface area contributed by atoms with Crippen molar-refractivity contribution in [3.05, 3.63) is 29.8 Å². The number of carbonyl (C=O) groups is 2. The lowest BCUT2D eigenvalue weighted by Gasteiger charge is -2.25. The van der Waals surface area contributed by atoms with E-state index >= 15 is 0 Å². The average Bonchev–Trinajstić information content (AvgIpc) is 2.57. The van der Waals surface area contributed by atoms with Crippen LogP contribution in [0.3, 0.4) is 0 Å². The van der Waals surface area contributed by atoms with Gasteiger partial charge in [0.2, 0.25) is 5.91 Å². The summed E-state index contributed by atoms with van der Waals surface area (Å²) in [5.41, 5.74) is 6.72. The molecule has 2 amide bonds. The summed E-state index contributed by atoms with van der Waals surface area (Å²) in [6.07, 6.45) is 0. The van der Waals surface area contributed by atoms with Gasteiger partial charge in [-0.1, -0.05) is 40.7 Å². The summed E-state index contributed by atoms with van der Waals surface area (Å²) in [5.74, 6) is -0.407. The van der Waals surface area contributed by atoms with E-state index < -0.39 is 6.04 Å². The van der Waals surface area contributed by atoms with Gasteiger partial charge in [-0.15, -0.1) is 0 Å². The molecule has 0 aliphatic rings. The van der Waals surface area contributed by atoms with Gasteiger partial charge in [0.1, 0.15) is 0 Å². The zero-order chi connectivity index (χ0) is 19.0. The number of anilines is 1. The number of carbonyl (C=O) groups excluding carboxylic acids is 2. The summed E-state index contributed by atoms with van der Waals surface area (Å²) in [6, 6.07) is 6.27. The fourth-order valence-corrected chi connectivity index (χ4v) is 2.32. The number of benzene rings is 1. The highest BCUT2D eigenvalue weighted by atomic mass is 16.2. The molecule has 0 aliphatic carbocycles. The van der Waals surface area contributed by atoms with E-state index in [4.69, 9.17) is 5.73 Å². The third-order valence-corrected chi connectivity index (χ3v) is 4.22. The highest BCUT2D eigenvalue weighted by Gasteiger charge is 2.27. The lowest BCUT2D eigenvalue weighted by Crippen LogP contribution is -2.45. The Bertz CT molecular complexity index is 577. The van der Waals surface area contributed by atoms with Crippen molar-refractivity contribution in [2.45, 2.75) is 40.7 Å². The van der Waals surface area contributed by atoms with E-state index in [9.17, 15) is 9.59 Å². The highest BCUT2D eigenvalue weighted by Crippen LogP contribution is 2.19. The maximum atomic E-state index is 12.3. The molecule has 1 rings (SSSR count). The van der Waals surface area contributed by atoms with E-state index in [2.05, 4.69) is 29.4 Å². The predicted octanol–water partition coefficient (Wildman–Crippen LogP) is 2.07. The smallest absolute Gasteiger partial charge is 0.251 e. The molecule has 0 spiro atoms. The van der Waals surface area contributed by atoms with Gasteiger partial charge in [-0.2, -0.15) is 0 Å². The molecular weight excluding hydrogens is 316 g/mol. The molecule has 0 aromatic heterocycles. The molecule has 6 heteroatoms. The predicted molar refractivity (Wildman–Crippen MR) is 103 cm³/mol. The van der Waals surface area contributed by atoms with Crippen molar-refractivity contribution in [2.24, 2.45) is 11.1 Å². The first kappa shape index (κ1) is 21.1. The van der Waals surface area contributed by atoms with Gasteiger partial charge in [-0.05, 0) is 36.7 Å². The van der Waals surface area contributed by atoms with Crippen LogP contribution < -0.4 is 16.4 Å². The van der Waals surface area contributed by atoms with Gasteiger partial charge in [0.15, 0.2) is 0 Å². The number of hydrogen-bond donors (Lipinski definition) is 3. The quantitative estimate of drug-likeness (QED) is 0.671. The fraction of sp³-hybridized carbons (Fsp3) is 0.579. The summed E-state index contributed by atoms with van der Waals surface area (Å²) >= 11 is 0. The van der Waals surface area contributed by atoms with E-state index in [1.807, 2.05) is 20.8 Å². The second-order valence-corrected chi connectivity index (χ2v) is 7.20. The van der Waals surface area contributed by atoms with Crippen LogP contribution in [0.4, 0.5) is 5.69 Å². The molecule has 1 aromatic carbocycles. The molecule has 4 N–H and O–H groups in total. The summed E-state index contributed by atoms with van der Waals surface area (Å²) in [7, 11) is 0. The Kier molecular flexibility index (Phi) is 8.06. The first-order valence-electron chi connectivity index (χ1n) is 8.86. The van der Waals surface area contributed by atoms with Crippen molar-refractivity contribution in [3.8, 4) is 0 Å². The van der Waals surface area contributed by atoms with Crippen molar-refractivity contribution >= 4 is 17.5 Å². The van der Waals surface area contributed by atoms with Crippen LogP contribution in [0.25, 0.3) is 0 Å². The van der Waals surface area contributed by atoms with Gasteiger partial charge >= 0.3 is 0 Å². The van der Waals surface area contributed by atoms with Crippen molar-refractivity contribution in [3.63, 3.8) is 0 Å². The highest BCUT2D eigenvalue weighted by molar-refractivity contribution is 5.98. The van der Waals surface area contributed by atoms with E-state index in [0.717, 1.165) is 19.6 Å². The first-order chi connectivity index (χ1) is 11.7. The largest absolute Gasteiger partial charge is 0.351 e. The van der Waals surface area contributed by atoms with Gasteiger partial charge in [0, 0.05) is 24.3 Å². The van der Waals surface area contributed by atoms with E-state index in [1.165, 1.54) is 0 Å². The molecule has 0 unspecified atom stereocenters. The molecule has 0 saturated carbocycles. The number of nitrogens with zero attached hydrogens (tertiary/aromatic N) is 1. The van der Waals surface area contributed by atoms with Crippen LogP contribution in [0.2, 0.25) is 0 Å². The molecule has 1 atom stereocenters. The Morgan fingerprint density at radius 1 is 1.20 bits per heavy atom.